The molecule has 0 unspecified atom stereocenters. The number of halogens is 2. The highest BCUT2D eigenvalue weighted by Gasteiger charge is 2.04. The van der Waals surface area contributed by atoms with Gasteiger partial charge in [-0.1, -0.05) is 11.6 Å². The molecule has 12 heavy (non-hydrogen) atoms. The molecule has 2 rings (SSSR count). The van der Waals surface area contributed by atoms with E-state index in [9.17, 15) is 0 Å². The third-order valence-electron chi connectivity index (χ3n) is 1.42. The van der Waals surface area contributed by atoms with E-state index in [0.29, 0.717) is 16.4 Å². The molecule has 0 aliphatic rings. The van der Waals surface area contributed by atoms with Crippen molar-refractivity contribution in [3.8, 4) is 0 Å². The number of hydrogen-bond acceptors (Lipinski definition) is 2. The summed E-state index contributed by atoms with van der Waals surface area (Å²) in [6.07, 6.45) is 1.53. The highest BCUT2D eigenvalue weighted by molar-refractivity contribution is 9.10. The summed E-state index contributed by atoms with van der Waals surface area (Å²) < 4.78 is 2.26. The van der Waals surface area contributed by atoms with Crippen molar-refractivity contribution in [1.82, 2.24) is 14.6 Å². The van der Waals surface area contributed by atoms with Crippen molar-refractivity contribution in [1.29, 1.82) is 0 Å². The van der Waals surface area contributed by atoms with Crippen molar-refractivity contribution < 1.29 is 0 Å². The topological polar surface area (TPSA) is 30.2 Å². The van der Waals surface area contributed by atoms with E-state index in [1.165, 1.54) is 10.7 Å². The molecule has 2 aromatic rings. The molecular weight excluding hydrogens is 240 g/mol. The Morgan fingerprint density at radius 3 is 3.08 bits per heavy atom. The smallest absolute Gasteiger partial charge is 0.167 e. The molecule has 2 radical (unpaired) electrons. The monoisotopic (exact) mass is 241 g/mol. The van der Waals surface area contributed by atoms with E-state index >= 15 is 0 Å². The average Bonchev–Trinajstić information content (AvgIpc) is 2.33. The van der Waals surface area contributed by atoms with Crippen molar-refractivity contribution >= 4 is 46.6 Å². The number of aromatic nitrogens is 3. The quantitative estimate of drug-likeness (QED) is 0.644. The maximum atomic E-state index is 5.71. The summed E-state index contributed by atoms with van der Waals surface area (Å²) in [5, 5.41) is 4.33. The van der Waals surface area contributed by atoms with Gasteiger partial charge in [0, 0.05) is 11.8 Å². The van der Waals surface area contributed by atoms with E-state index in [1.807, 2.05) is 0 Å². The Kier molecular flexibility index (Phi) is 1.85. The Labute approximate surface area is 83.3 Å². The van der Waals surface area contributed by atoms with E-state index in [1.54, 1.807) is 6.07 Å². The molecular formula is C6H2BBrClN3. The van der Waals surface area contributed by atoms with E-state index < -0.39 is 0 Å². The van der Waals surface area contributed by atoms with Gasteiger partial charge in [-0.3, -0.25) is 0 Å². The molecule has 0 aliphatic carbocycles. The predicted molar refractivity (Wildman–Crippen MR) is 51.1 cm³/mol. The summed E-state index contributed by atoms with van der Waals surface area (Å²) in [5.41, 5.74) is 1.13. The summed E-state index contributed by atoms with van der Waals surface area (Å²) in [5.74, 6) is 0. The van der Waals surface area contributed by atoms with E-state index in [2.05, 4.69) is 26.0 Å². The number of imidazole rings is 1. The lowest BCUT2D eigenvalue weighted by atomic mass is 10.1. The van der Waals surface area contributed by atoms with E-state index in [4.69, 9.17) is 19.4 Å². The Morgan fingerprint density at radius 1 is 1.58 bits per heavy atom. The number of fused-ring (bicyclic) bond motifs is 1. The molecule has 0 aromatic carbocycles. The van der Waals surface area contributed by atoms with Crippen molar-refractivity contribution in [3.63, 3.8) is 0 Å². The van der Waals surface area contributed by atoms with Gasteiger partial charge in [0.15, 0.2) is 10.8 Å². The van der Waals surface area contributed by atoms with Gasteiger partial charge >= 0.3 is 0 Å². The largest absolute Gasteiger partial charge is 0.235 e. The highest BCUT2D eigenvalue weighted by Crippen LogP contribution is 2.17. The molecule has 0 saturated carbocycles. The summed E-state index contributed by atoms with van der Waals surface area (Å²) in [4.78, 5) is 4.03. The molecule has 58 valence electrons. The van der Waals surface area contributed by atoms with Crippen molar-refractivity contribution in [2.24, 2.45) is 0 Å². The molecule has 2 heterocycles. The predicted octanol–water partition coefficient (Wildman–Crippen LogP) is 0.939. The first-order chi connectivity index (χ1) is 5.68. The number of rotatable bonds is 0. The normalized spacial score (nSPS) is 10.8. The standard InChI is InChI=1S/C6H2BBrClN3/c7-4-2-10-6-3(8)1-5(9)11-12(4)6/h1-2H. The van der Waals surface area contributed by atoms with Gasteiger partial charge in [0.1, 0.15) is 7.85 Å². The first kappa shape index (κ1) is 8.07. The minimum atomic E-state index is 0.374. The van der Waals surface area contributed by atoms with Gasteiger partial charge in [0.25, 0.3) is 0 Å². The minimum absolute atomic E-state index is 0.374. The van der Waals surface area contributed by atoms with Crippen LogP contribution in [0.5, 0.6) is 0 Å². The minimum Gasteiger partial charge on any atom is -0.235 e. The Morgan fingerprint density at radius 2 is 2.33 bits per heavy atom. The van der Waals surface area contributed by atoms with Crippen LogP contribution in [0.15, 0.2) is 16.7 Å². The Bertz CT molecular complexity index is 442. The van der Waals surface area contributed by atoms with Crippen LogP contribution in [-0.2, 0) is 0 Å². The van der Waals surface area contributed by atoms with Gasteiger partial charge in [0.2, 0.25) is 0 Å². The summed E-state index contributed by atoms with van der Waals surface area (Å²) in [6.45, 7) is 0. The van der Waals surface area contributed by atoms with Gasteiger partial charge in [0.05, 0.1) is 4.47 Å². The first-order valence-corrected chi connectivity index (χ1v) is 4.31. The lowest BCUT2D eigenvalue weighted by molar-refractivity contribution is 0.955. The van der Waals surface area contributed by atoms with Crippen LogP contribution in [0, 0.1) is 0 Å². The Balaban J connectivity index is 2.92. The van der Waals surface area contributed by atoms with Crippen LogP contribution in [0.3, 0.4) is 0 Å². The molecule has 0 aliphatic heterocycles. The van der Waals surface area contributed by atoms with E-state index in [0.717, 1.165) is 4.47 Å². The second-order valence-corrected chi connectivity index (χ2v) is 3.48. The average molecular weight is 242 g/mol. The lowest BCUT2D eigenvalue weighted by Crippen LogP contribution is -2.12. The molecule has 6 heteroatoms. The molecule has 0 amide bonds. The molecule has 0 N–H and O–H groups in total. The third kappa shape index (κ3) is 1.13. The van der Waals surface area contributed by atoms with E-state index in [-0.39, 0.29) is 0 Å². The van der Waals surface area contributed by atoms with Crippen LogP contribution in [-0.4, -0.2) is 22.4 Å². The first-order valence-electron chi connectivity index (χ1n) is 3.14. The summed E-state index contributed by atoms with van der Waals surface area (Å²) in [6, 6.07) is 1.67. The maximum Gasteiger partial charge on any atom is 0.167 e. The summed E-state index contributed by atoms with van der Waals surface area (Å²) >= 11 is 9.01. The zero-order chi connectivity index (χ0) is 8.72. The molecule has 3 nitrogen and oxygen atoms in total. The maximum absolute atomic E-state index is 5.71. The highest BCUT2D eigenvalue weighted by atomic mass is 79.9. The van der Waals surface area contributed by atoms with Crippen LogP contribution in [0.25, 0.3) is 5.65 Å². The van der Waals surface area contributed by atoms with Crippen LogP contribution in [0.4, 0.5) is 0 Å². The molecule has 2 aromatic heterocycles. The number of nitrogens with zero attached hydrogens (tertiary/aromatic N) is 3. The van der Waals surface area contributed by atoms with Crippen LogP contribution in [0.2, 0.25) is 5.15 Å². The second-order valence-electron chi connectivity index (χ2n) is 2.23. The third-order valence-corrected chi connectivity index (χ3v) is 2.19. The molecule has 0 bridgehead atoms. The van der Waals surface area contributed by atoms with Gasteiger partial charge in [-0.2, -0.15) is 5.10 Å². The van der Waals surface area contributed by atoms with Crippen LogP contribution >= 0.6 is 27.5 Å². The molecule has 0 spiro atoms. The van der Waals surface area contributed by atoms with Crippen molar-refractivity contribution in [3.05, 3.63) is 21.9 Å². The fourth-order valence-electron chi connectivity index (χ4n) is 0.920. The number of hydrogen-bond donors (Lipinski definition) is 0. The second kappa shape index (κ2) is 2.74. The lowest BCUT2D eigenvalue weighted by Gasteiger charge is -1.97. The van der Waals surface area contributed by atoms with Gasteiger partial charge < -0.3 is 0 Å². The van der Waals surface area contributed by atoms with Crippen molar-refractivity contribution in [2.75, 3.05) is 0 Å². The fraction of sp³-hybridized carbons (Fsp3) is 0. The SMILES string of the molecule is [B]c1cnc2c(Br)cc(Cl)nn12. The fourth-order valence-corrected chi connectivity index (χ4v) is 1.72. The zero-order valence-corrected chi connectivity index (χ0v) is 8.17. The zero-order valence-electron chi connectivity index (χ0n) is 5.83. The van der Waals surface area contributed by atoms with Crippen LogP contribution < -0.4 is 5.59 Å². The van der Waals surface area contributed by atoms with Crippen molar-refractivity contribution in [2.45, 2.75) is 0 Å². The molecule has 0 saturated heterocycles. The molecule has 0 atom stereocenters. The summed E-state index contributed by atoms with van der Waals surface area (Å²) in [7, 11) is 5.57. The van der Waals surface area contributed by atoms with Gasteiger partial charge in [-0.05, 0) is 22.0 Å². The Hall–Kier alpha value is -0.545. The van der Waals surface area contributed by atoms with Crippen LogP contribution in [0.1, 0.15) is 0 Å². The molecule has 0 fully saturated rings. The van der Waals surface area contributed by atoms with Gasteiger partial charge in [-0.15, -0.1) is 0 Å². The van der Waals surface area contributed by atoms with Gasteiger partial charge in [-0.25, -0.2) is 9.50 Å².